The van der Waals surface area contributed by atoms with Crippen molar-refractivity contribution in [3.05, 3.63) is 24.3 Å². The molecule has 0 spiro atoms. The molecule has 0 aliphatic rings. The van der Waals surface area contributed by atoms with Gasteiger partial charge in [0.05, 0.1) is 7.11 Å². The fourth-order valence-corrected chi connectivity index (χ4v) is 2.26. The van der Waals surface area contributed by atoms with Gasteiger partial charge in [-0.25, -0.2) is 0 Å². The molecule has 0 aromatic heterocycles. The molecule has 0 saturated heterocycles. The minimum atomic E-state index is -0.0832. The van der Waals surface area contributed by atoms with Crippen LogP contribution in [0.25, 0.3) is 0 Å². The van der Waals surface area contributed by atoms with E-state index in [2.05, 4.69) is 42.9 Å². The predicted octanol–water partition coefficient (Wildman–Crippen LogP) is 6.22. The highest BCUT2D eigenvalue weighted by atomic mass is 16.5. The molecule has 0 fully saturated rings. The molecule has 0 rings (SSSR count). The SMILES string of the molecule is CCC(C)CC/C=C\C/C=C\CCCCCCCC(=O)OC. The van der Waals surface area contributed by atoms with Gasteiger partial charge in [0.25, 0.3) is 0 Å². The summed E-state index contributed by atoms with van der Waals surface area (Å²) in [6.07, 6.45) is 21.6. The maximum absolute atomic E-state index is 10.9. The van der Waals surface area contributed by atoms with Crippen molar-refractivity contribution >= 4 is 5.97 Å². The molecule has 22 heavy (non-hydrogen) atoms. The third-order valence-electron chi connectivity index (χ3n) is 4.11. The van der Waals surface area contributed by atoms with Crippen LogP contribution < -0.4 is 0 Å². The zero-order valence-corrected chi connectivity index (χ0v) is 15.0. The van der Waals surface area contributed by atoms with Gasteiger partial charge in [0.15, 0.2) is 0 Å². The molecule has 128 valence electrons. The molecule has 0 saturated carbocycles. The van der Waals surface area contributed by atoms with Gasteiger partial charge in [-0.1, -0.05) is 63.8 Å². The van der Waals surface area contributed by atoms with E-state index in [4.69, 9.17) is 0 Å². The Kier molecular flexibility index (Phi) is 15.5. The minimum Gasteiger partial charge on any atom is -0.469 e. The summed E-state index contributed by atoms with van der Waals surface area (Å²) in [7, 11) is 1.45. The van der Waals surface area contributed by atoms with Gasteiger partial charge in [0.1, 0.15) is 0 Å². The van der Waals surface area contributed by atoms with Gasteiger partial charge in [-0.15, -0.1) is 0 Å². The van der Waals surface area contributed by atoms with Gasteiger partial charge in [-0.05, 0) is 44.4 Å². The van der Waals surface area contributed by atoms with E-state index in [1.807, 2.05) is 0 Å². The van der Waals surface area contributed by atoms with Gasteiger partial charge >= 0.3 is 5.97 Å². The van der Waals surface area contributed by atoms with E-state index >= 15 is 0 Å². The van der Waals surface area contributed by atoms with E-state index in [-0.39, 0.29) is 5.97 Å². The molecule has 0 aliphatic carbocycles. The fourth-order valence-electron chi connectivity index (χ4n) is 2.26. The predicted molar refractivity (Wildman–Crippen MR) is 95.9 cm³/mol. The number of esters is 1. The van der Waals surface area contributed by atoms with Crippen LogP contribution >= 0.6 is 0 Å². The highest BCUT2D eigenvalue weighted by Crippen LogP contribution is 2.10. The van der Waals surface area contributed by atoms with Crippen molar-refractivity contribution in [1.82, 2.24) is 0 Å². The van der Waals surface area contributed by atoms with Crippen LogP contribution in [0.4, 0.5) is 0 Å². The number of hydrogen-bond acceptors (Lipinski definition) is 2. The van der Waals surface area contributed by atoms with E-state index < -0.39 is 0 Å². The number of hydrogen-bond donors (Lipinski definition) is 0. The van der Waals surface area contributed by atoms with Crippen LogP contribution in [0.5, 0.6) is 0 Å². The van der Waals surface area contributed by atoms with Crippen LogP contribution in [-0.4, -0.2) is 13.1 Å². The summed E-state index contributed by atoms with van der Waals surface area (Å²) < 4.78 is 4.62. The molecule has 0 aromatic carbocycles. The molecule has 0 bridgehead atoms. The standard InChI is InChI=1S/C20H36O2/c1-4-19(2)17-15-13-11-9-7-5-6-8-10-12-14-16-18-20(21)22-3/h5,7,11,13,19H,4,6,8-10,12,14-18H2,1-3H3/b7-5-,13-11-. The Bertz CT molecular complexity index is 305. The van der Waals surface area contributed by atoms with Crippen LogP contribution in [0.1, 0.15) is 84.5 Å². The summed E-state index contributed by atoms with van der Waals surface area (Å²) in [4.78, 5) is 10.9. The lowest BCUT2D eigenvalue weighted by molar-refractivity contribution is -0.140. The maximum Gasteiger partial charge on any atom is 0.305 e. The average molecular weight is 309 g/mol. The number of carbonyl (C=O) groups is 1. The Balaban J connectivity index is 3.27. The van der Waals surface area contributed by atoms with Crippen LogP contribution in [0.2, 0.25) is 0 Å². The van der Waals surface area contributed by atoms with Gasteiger partial charge in [0.2, 0.25) is 0 Å². The maximum atomic E-state index is 10.9. The first kappa shape index (κ1) is 20.9. The van der Waals surface area contributed by atoms with Gasteiger partial charge in [-0.3, -0.25) is 4.79 Å². The Hall–Kier alpha value is -1.05. The molecular formula is C20H36O2. The topological polar surface area (TPSA) is 26.3 Å². The van der Waals surface area contributed by atoms with Crippen LogP contribution in [-0.2, 0) is 9.53 Å². The first-order valence-corrected chi connectivity index (χ1v) is 9.07. The molecule has 1 atom stereocenters. The Morgan fingerprint density at radius 1 is 0.955 bits per heavy atom. The summed E-state index contributed by atoms with van der Waals surface area (Å²) in [5, 5.41) is 0. The number of methoxy groups -OCH3 is 1. The summed E-state index contributed by atoms with van der Waals surface area (Å²) in [6, 6.07) is 0. The van der Waals surface area contributed by atoms with Crippen molar-refractivity contribution in [2.45, 2.75) is 84.5 Å². The number of unbranched alkanes of at least 4 members (excludes halogenated alkanes) is 5. The minimum absolute atomic E-state index is 0.0832. The van der Waals surface area contributed by atoms with Gasteiger partial charge in [-0.2, -0.15) is 0 Å². The molecule has 0 radical (unpaired) electrons. The molecule has 2 nitrogen and oxygen atoms in total. The molecule has 1 unspecified atom stereocenters. The van der Waals surface area contributed by atoms with Gasteiger partial charge < -0.3 is 4.74 Å². The molecule has 0 amide bonds. The molecule has 0 aliphatic heterocycles. The van der Waals surface area contributed by atoms with Crippen molar-refractivity contribution in [2.24, 2.45) is 5.92 Å². The normalized spacial score (nSPS) is 13.0. The average Bonchev–Trinajstić information content (AvgIpc) is 2.54. The molecule has 0 N–H and O–H groups in total. The monoisotopic (exact) mass is 308 g/mol. The summed E-state index contributed by atoms with van der Waals surface area (Å²) in [5.41, 5.74) is 0. The lowest BCUT2D eigenvalue weighted by Gasteiger charge is -2.03. The number of ether oxygens (including phenoxy) is 1. The Morgan fingerprint density at radius 3 is 2.27 bits per heavy atom. The zero-order valence-electron chi connectivity index (χ0n) is 15.0. The van der Waals surface area contributed by atoms with Crippen molar-refractivity contribution < 1.29 is 9.53 Å². The van der Waals surface area contributed by atoms with E-state index in [1.165, 1.54) is 52.1 Å². The summed E-state index contributed by atoms with van der Waals surface area (Å²) in [6.45, 7) is 4.58. The van der Waals surface area contributed by atoms with E-state index in [0.29, 0.717) is 6.42 Å². The second-order valence-corrected chi connectivity index (χ2v) is 6.15. The first-order chi connectivity index (χ1) is 10.7. The number of carbonyl (C=O) groups excluding carboxylic acids is 1. The highest BCUT2D eigenvalue weighted by molar-refractivity contribution is 5.68. The quantitative estimate of drug-likeness (QED) is 0.216. The van der Waals surface area contributed by atoms with E-state index in [9.17, 15) is 4.79 Å². The molecule has 2 heteroatoms. The van der Waals surface area contributed by atoms with Crippen molar-refractivity contribution in [2.75, 3.05) is 7.11 Å². The van der Waals surface area contributed by atoms with Crippen molar-refractivity contribution in [1.29, 1.82) is 0 Å². The lowest BCUT2D eigenvalue weighted by atomic mass is 10.0. The third-order valence-corrected chi connectivity index (χ3v) is 4.11. The summed E-state index contributed by atoms with van der Waals surface area (Å²) >= 11 is 0. The van der Waals surface area contributed by atoms with Crippen molar-refractivity contribution in [3.63, 3.8) is 0 Å². The van der Waals surface area contributed by atoms with Gasteiger partial charge in [0, 0.05) is 6.42 Å². The van der Waals surface area contributed by atoms with Crippen LogP contribution in [0.3, 0.4) is 0 Å². The first-order valence-electron chi connectivity index (χ1n) is 9.07. The van der Waals surface area contributed by atoms with Crippen LogP contribution in [0.15, 0.2) is 24.3 Å². The molecular weight excluding hydrogens is 272 g/mol. The molecule has 0 aromatic rings. The Labute approximate surface area is 138 Å². The molecule has 0 heterocycles. The highest BCUT2D eigenvalue weighted by Gasteiger charge is 1.98. The van der Waals surface area contributed by atoms with E-state index in [0.717, 1.165) is 25.2 Å². The smallest absolute Gasteiger partial charge is 0.305 e. The summed E-state index contributed by atoms with van der Waals surface area (Å²) in [5.74, 6) is 0.771. The van der Waals surface area contributed by atoms with Crippen molar-refractivity contribution in [3.8, 4) is 0 Å². The number of rotatable bonds is 14. The Morgan fingerprint density at radius 2 is 1.59 bits per heavy atom. The lowest BCUT2D eigenvalue weighted by Crippen LogP contribution is -1.98. The largest absolute Gasteiger partial charge is 0.469 e. The second kappa shape index (κ2) is 16.3. The van der Waals surface area contributed by atoms with E-state index in [1.54, 1.807) is 0 Å². The zero-order chi connectivity index (χ0) is 16.5. The second-order valence-electron chi connectivity index (χ2n) is 6.15. The number of allylic oxidation sites excluding steroid dienone is 4. The third kappa shape index (κ3) is 15.3. The van der Waals surface area contributed by atoms with Crippen LogP contribution in [0, 0.1) is 5.92 Å². The fraction of sp³-hybridized carbons (Fsp3) is 0.750.